The second-order valence-electron chi connectivity index (χ2n) is 4.66. The van der Waals surface area contributed by atoms with Crippen LogP contribution in [0.3, 0.4) is 0 Å². The molecule has 0 fully saturated rings. The van der Waals surface area contributed by atoms with Crippen LogP contribution in [0.1, 0.15) is 16.5 Å². The molecule has 0 spiro atoms. The first-order valence-corrected chi connectivity index (χ1v) is 7.00. The normalized spacial score (nSPS) is 14.6. The minimum Gasteiger partial charge on any atom is -0.494 e. The lowest BCUT2D eigenvalue weighted by Crippen LogP contribution is -2.15. The van der Waals surface area contributed by atoms with Gasteiger partial charge in [-0.05, 0) is 35.4 Å². The molecule has 0 amide bonds. The van der Waals surface area contributed by atoms with E-state index < -0.39 is 11.2 Å². The highest BCUT2D eigenvalue weighted by atomic mass is 35.5. The highest BCUT2D eigenvalue weighted by Crippen LogP contribution is 2.37. The molecule has 2 aromatic carbocycles. The van der Waals surface area contributed by atoms with E-state index in [1.807, 2.05) is 18.2 Å². The van der Waals surface area contributed by atoms with Gasteiger partial charge in [0.05, 0.1) is 12.5 Å². The molecule has 0 saturated carbocycles. The van der Waals surface area contributed by atoms with Crippen molar-refractivity contribution in [3.8, 4) is 17.2 Å². The number of benzene rings is 2. The molecule has 0 aromatic heterocycles. The molecule has 5 heteroatoms. The Morgan fingerprint density at radius 1 is 1.05 bits per heavy atom. The molecule has 1 unspecified atom stereocenters. The Kier molecular flexibility index (Phi) is 3.88. The molecule has 3 nitrogen and oxygen atoms in total. The van der Waals surface area contributed by atoms with Crippen molar-refractivity contribution < 1.29 is 18.6 Å². The molecule has 1 aliphatic rings. The Labute approximate surface area is 127 Å². The summed E-state index contributed by atoms with van der Waals surface area (Å²) in [5.74, 6) is 1.16. The van der Waals surface area contributed by atoms with Gasteiger partial charge in [-0.1, -0.05) is 12.1 Å². The SMILES string of the molecule is COc1cc(C(Cl)c2ccc3c(c2)OCCO3)ccc1F. The number of methoxy groups -OCH3 is 1. The predicted molar refractivity (Wildman–Crippen MR) is 78.1 cm³/mol. The molecular weight excluding hydrogens is 295 g/mol. The van der Waals surface area contributed by atoms with E-state index in [0.717, 1.165) is 11.1 Å². The highest BCUT2D eigenvalue weighted by molar-refractivity contribution is 6.22. The second-order valence-corrected chi connectivity index (χ2v) is 5.10. The number of fused-ring (bicyclic) bond motifs is 1. The Bertz CT molecular complexity index is 660. The van der Waals surface area contributed by atoms with Crippen molar-refractivity contribution in [2.45, 2.75) is 5.38 Å². The van der Waals surface area contributed by atoms with Gasteiger partial charge >= 0.3 is 0 Å². The monoisotopic (exact) mass is 308 g/mol. The quantitative estimate of drug-likeness (QED) is 0.804. The summed E-state index contributed by atoms with van der Waals surface area (Å²) >= 11 is 6.48. The van der Waals surface area contributed by atoms with Crippen LogP contribution in [0.25, 0.3) is 0 Å². The summed E-state index contributed by atoms with van der Waals surface area (Å²) in [5, 5.41) is -0.421. The average Bonchev–Trinajstić information content (AvgIpc) is 2.54. The molecule has 0 radical (unpaired) electrons. The van der Waals surface area contributed by atoms with Gasteiger partial charge in [0, 0.05) is 0 Å². The molecule has 21 heavy (non-hydrogen) atoms. The summed E-state index contributed by atoms with van der Waals surface area (Å²) < 4.78 is 29.5. The third kappa shape index (κ3) is 2.76. The number of ether oxygens (including phenoxy) is 3. The van der Waals surface area contributed by atoms with Gasteiger partial charge in [0.25, 0.3) is 0 Å². The maximum absolute atomic E-state index is 13.5. The van der Waals surface area contributed by atoms with Crippen molar-refractivity contribution in [1.29, 1.82) is 0 Å². The second kappa shape index (κ2) is 5.82. The summed E-state index contributed by atoms with van der Waals surface area (Å²) in [6, 6.07) is 10.2. The lowest BCUT2D eigenvalue weighted by Gasteiger charge is -2.20. The van der Waals surface area contributed by atoms with E-state index in [0.29, 0.717) is 24.7 Å². The van der Waals surface area contributed by atoms with Crippen molar-refractivity contribution in [1.82, 2.24) is 0 Å². The van der Waals surface area contributed by atoms with Crippen LogP contribution in [-0.2, 0) is 0 Å². The van der Waals surface area contributed by atoms with E-state index in [1.165, 1.54) is 13.2 Å². The van der Waals surface area contributed by atoms with E-state index in [2.05, 4.69) is 0 Å². The van der Waals surface area contributed by atoms with Crippen molar-refractivity contribution in [2.24, 2.45) is 0 Å². The Hall–Kier alpha value is -1.94. The lowest BCUT2D eigenvalue weighted by atomic mass is 10.0. The Morgan fingerprint density at radius 3 is 2.48 bits per heavy atom. The first-order chi connectivity index (χ1) is 10.2. The first kappa shape index (κ1) is 14.0. The van der Waals surface area contributed by atoms with Gasteiger partial charge in [-0.15, -0.1) is 11.6 Å². The summed E-state index contributed by atoms with van der Waals surface area (Å²) in [6.45, 7) is 1.07. The molecular formula is C16H14ClFO3. The van der Waals surface area contributed by atoms with E-state index >= 15 is 0 Å². The molecule has 1 aliphatic heterocycles. The van der Waals surface area contributed by atoms with Crippen LogP contribution in [0, 0.1) is 5.82 Å². The molecule has 2 aromatic rings. The van der Waals surface area contributed by atoms with Crippen molar-refractivity contribution in [2.75, 3.05) is 20.3 Å². The van der Waals surface area contributed by atoms with Crippen LogP contribution < -0.4 is 14.2 Å². The fourth-order valence-electron chi connectivity index (χ4n) is 2.24. The smallest absolute Gasteiger partial charge is 0.165 e. The van der Waals surface area contributed by atoms with Gasteiger partial charge in [0.2, 0.25) is 0 Å². The molecule has 0 saturated heterocycles. The Morgan fingerprint density at radius 2 is 1.71 bits per heavy atom. The van der Waals surface area contributed by atoms with Gasteiger partial charge in [0.1, 0.15) is 13.2 Å². The summed E-state index contributed by atoms with van der Waals surface area (Å²) in [4.78, 5) is 0. The first-order valence-electron chi connectivity index (χ1n) is 6.56. The number of alkyl halides is 1. The van der Waals surface area contributed by atoms with Crippen molar-refractivity contribution in [3.63, 3.8) is 0 Å². The standard InChI is InChI=1S/C16H14ClFO3/c1-19-14-8-10(2-4-12(14)18)16(17)11-3-5-13-15(9-11)21-7-6-20-13/h2-5,8-9,16H,6-7H2,1H3. The van der Waals surface area contributed by atoms with Gasteiger partial charge in [-0.3, -0.25) is 0 Å². The summed E-state index contributed by atoms with van der Waals surface area (Å²) in [5.41, 5.74) is 1.61. The van der Waals surface area contributed by atoms with E-state index in [9.17, 15) is 4.39 Å². The molecule has 1 atom stereocenters. The number of hydrogen-bond acceptors (Lipinski definition) is 3. The van der Waals surface area contributed by atoms with Gasteiger partial charge in [-0.2, -0.15) is 0 Å². The molecule has 110 valence electrons. The lowest BCUT2D eigenvalue weighted by molar-refractivity contribution is 0.171. The largest absolute Gasteiger partial charge is 0.494 e. The van der Waals surface area contributed by atoms with Crippen molar-refractivity contribution >= 4 is 11.6 Å². The van der Waals surface area contributed by atoms with Gasteiger partial charge < -0.3 is 14.2 Å². The van der Waals surface area contributed by atoms with E-state index in [1.54, 1.807) is 12.1 Å². The fraction of sp³-hybridized carbons (Fsp3) is 0.250. The maximum atomic E-state index is 13.5. The van der Waals surface area contributed by atoms with Crippen LogP contribution in [-0.4, -0.2) is 20.3 Å². The van der Waals surface area contributed by atoms with Crippen LogP contribution in [0.2, 0.25) is 0 Å². The summed E-state index contributed by atoms with van der Waals surface area (Å²) in [7, 11) is 1.43. The number of halogens is 2. The van der Waals surface area contributed by atoms with E-state index in [4.69, 9.17) is 25.8 Å². The van der Waals surface area contributed by atoms with Gasteiger partial charge in [0.15, 0.2) is 23.1 Å². The molecule has 3 rings (SSSR count). The van der Waals surface area contributed by atoms with E-state index in [-0.39, 0.29) is 5.75 Å². The molecule has 1 heterocycles. The summed E-state index contributed by atoms with van der Waals surface area (Å²) in [6.07, 6.45) is 0. The zero-order valence-corrected chi connectivity index (χ0v) is 12.2. The zero-order chi connectivity index (χ0) is 14.8. The Balaban J connectivity index is 1.92. The van der Waals surface area contributed by atoms with Crippen LogP contribution in [0.4, 0.5) is 4.39 Å². The van der Waals surface area contributed by atoms with Crippen LogP contribution in [0.5, 0.6) is 17.2 Å². The fourth-order valence-corrected chi connectivity index (χ4v) is 2.52. The number of rotatable bonds is 3. The predicted octanol–water partition coefficient (Wildman–Crippen LogP) is 3.93. The molecule has 0 bridgehead atoms. The minimum atomic E-state index is -0.421. The third-order valence-electron chi connectivity index (χ3n) is 3.33. The highest BCUT2D eigenvalue weighted by Gasteiger charge is 2.18. The van der Waals surface area contributed by atoms with Crippen LogP contribution >= 0.6 is 11.6 Å². The third-order valence-corrected chi connectivity index (χ3v) is 3.83. The minimum absolute atomic E-state index is 0.177. The van der Waals surface area contributed by atoms with Crippen LogP contribution in [0.15, 0.2) is 36.4 Å². The maximum Gasteiger partial charge on any atom is 0.165 e. The zero-order valence-electron chi connectivity index (χ0n) is 11.4. The molecule has 0 aliphatic carbocycles. The average molecular weight is 309 g/mol. The topological polar surface area (TPSA) is 27.7 Å². The number of hydrogen-bond donors (Lipinski definition) is 0. The van der Waals surface area contributed by atoms with Gasteiger partial charge in [-0.25, -0.2) is 4.39 Å². The van der Waals surface area contributed by atoms with Crippen molar-refractivity contribution in [3.05, 3.63) is 53.3 Å². The molecule has 0 N–H and O–H groups in total.